The van der Waals surface area contributed by atoms with Gasteiger partial charge in [0.05, 0.1) is 23.8 Å². The number of anilines is 1. The van der Waals surface area contributed by atoms with E-state index in [0.29, 0.717) is 29.5 Å². The second-order valence-electron chi connectivity index (χ2n) is 6.47. The van der Waals surface area contributed by atoms with Crippen molar-refractivity contribution in [3.63, 3.8) is 0 Å². The molecule has 9 heteroatoms. The Morgan fingerprint density at radius 3 is 2.86 bits per heavy atom. The van der Waals surface area contributed by atoms with Gasteiger partial charge in [0.15, 0.2) is 5.13 Å². The molecule has 2 aromatic rings. The van der Waals surface area contributed by atoms with Gasteiger partial charge in [-0.15, -0.1) is 11.3 Å². The van der Waals surface area contributed by atoms with E-state index in [9.17, 15) is 14.4 Å². The third kappa shape index (κ3) is 4.53. The van der Waals surface area contributed by atoms with E-state index < -0.39 is 5.97 Å². The Morgan fingerprint density at radius 1 is 1.36 bits per heavy atom. The van der Waals surface area contributed by atoms with Crippen LogP contribution in [0.4, 0.5) is 5.13 Å². The molecule has 0 spiro atoms. The smallest absolute Gasteiger partial charge is 0.339 e. The van der Waals surface area contributed by atoms with Crippen LogP contribution in [-0.2, 0) is 9.53 Å². The lowest BCUT2D eigenvalue weighted by Gasteiger charge is -2.31. The summed E-state index contributed by atoms with van der Waals surface area (Å²) in [6, 6.07) is 3.09. The van der Waals surface area contributed by atoms with E-state index >= 15 is 0 Å². The van der Waals surface area contributed by atoms with Crippen molar-refractivity contribution in [3.8, 4) is 0 Å². The topological polar surface area (TPSA) is 101 Å². The minimum atomic E-state index is -0.455. The van der Waals surface area contributed by atoms with E-state index in [2.05, 4.69) is 15.3 Å². The van der Waals surface area contributed by atoms with Gasteiger partial charge < -0.3 is 15.0 Å². The Balaban J connectivity index is 1.67. The number of amides is 2. The van der Waals surface area contributed by atoms with Gasteiger partial charge in [-0.25, -0.2) is 14.8 Å². The first-order valence-electron chi connectivity index (χ1n) is 9.14. The summed E-state index contributed by atoms with van der Waals surface area (Å²) in [5.41, 5.74) is 1.05. The maximum absolute atomic E-state index is 12.8. The van der Waals surface area contributed by atoms with Crippen LogP contribution in [0.15, 0.2) is 23.7 Å². The number of nitrogens with one attached hydrogen (secondary N) is 1. The summed E-state index contributed by atoms with van der Waals surface area (Å²) in [5, 5.41) is 5.14. The molecule has 1 N–H and O–H groups in total. The number of likely N-dealkylation sites (tertiary alicyclic amines) is 1. The fraction of sp³-hybridized carbons (Fsp3) is 0.421. The van der Waals surface area contributed by atoms with Crippen LogP contribution in [0.2, 0.25) is 0 Å². The minimum absolute atomic E-state index is 0.130. The first-order valence-corrected chi connectivity index (χ1v) is 10.0. The quantitative estimate of drug-likeness (QED) is 0.771. The molecule has 1 atom stereocenters. The number of hydrogen-bond donors (Lipinski definition) is 1. The highest BCUT2D eigenvalue weighted by Gasteiger charge is 2.30. The lowest BCUT2D eigenvalue weighted by Crippen LogP contribution is -2.44. The van der Waals surface area contributed by atoms with Crippen LogP contribution in [-0.4, -0.2) is 52.3 Å². The van der Waals surface area contributed by atoms with Gasteiger partial charge in [-0.1, -0.05) is 0 Å². The Morgan fingerprint density at radius 2 is 2.18 bits per heavy atom. The summed E-state index contributed by atoms with van der Waals surface area (Å²) in [6.45, 7) is 4.58. The Kier molecular flexibility index (Phi) is 6.35. The van der Waals surface area contributed by atoms with E-state index in [1.165, 1.54) is 17.4 Å². The molecular weight excluding hydrogens is 380 g/mol. The Labute approximate surface area is 166 Å². The van der Waals surface area contributed by atoms with Crippen LogP contribution >= 0.6 is 11.3 Å². The number of carbonyl (C=O) groups is 3. The maximum atomic E-state index is 12.8. The number of ether oxygens (including phenoxy) is 1. The molecule has 1 fully saturated rings. The van der Waals surface area contributed by atoms with Crippen molar-refractivity contribution in [2.45, 2.75) is 26.7 Å². The van der Waals surface area contributed by atoms with Crippen molar-refractivity contribution in [1.29, 1.82) is 0 Å². The molecule has 0 radical (unpaired) electrons. The molecule has 2 aromatic heterocycles. The fourth-order valence-corrected chi connectivity index (χ4v) is 3.67. The molecular formula is C19H22N4O4S. The lowest BCUT2D eigenvalue weighted by atomic mass is 9.97. The van der Waals surface area contributed by atoms with Crippen LogP contribution in [0.3, 0.4) is 0 Å². The standard InChI is InChI=1S/C19H22N4O4S/c1-3-27-18(26)14-6-7-15(21-12(14)2)17(25)23-9-4-5-13(11-23)16(24)22-19-20-8-10-28-19/h6-8,10,13H,3-5,9,11H2,1-2H3,(H,20,22,24). The number of nitrogens with zero attached hydrogens (tertiary/aromatic N) is 3. The molecule has 0 saturated carbocycles. The largest absolute Gasteiger partial charge is 0.462 e. The Hall–Kier alpha value is -2.81. The number of aryl methyl sites for hydroxylation is 1. The van der Waals surface area contributed by atoms with Gasteiger partial charge in [0.2, 0.25) is 5.91 Å². The number of aromatic nitrogens is 2. The average molecular weight is 402 g/mol. The van der Waals surface area contributed by atoms with Crippen molar-refractivity contribution in [2.24, 2.45) is 5.92 Å². The molecule has 0 aromatic carbocycles. The average Bonchev–Trinajstić information content (AvgIpc) is 3.20. The molecule has 1 aliphatic rings. The third-order valence-corrected chi connectivity index (χ3v) is 5.23. The van der Waals surface area contributed by atoms with Gasteiger partial charge in [-0.3, -0.25) is 9.59 Å². The molecule has 148 valence electrons. The molecule has 0 bridgehead atoms. The summed E-state index contributed by atoms with van der Waals surface area (Å²) >= 11 is 1.36. The van der Waals surface area contributed by atoms with Crippen LogP contribution in [0, 0.1) is 12.8 Å². The van der Waals surface area contributed by atoms with Crippen molar-refractivity contribution in [1.82, 2.24) is 14.9 Å². The number of esters is 1. The normalized spacial score (nSPS) is 16.5. The van der Waals surface area contributed by atoms with Crippen LogP contribution < -0.4 is 5.32 Å². The SMILES string of the molecule is CCOC(=O)c1ccc(C(=O)N2CCCC(C(=O)Nc3nccs3)C2)nc1C. The first-order chi connectivity index (χ1) is 13.5. The summed E-state index contributed by atoms with van der Waals surface area (Å²) in [4.78, 5) is 47.2. The summed E-state index contributed by atoms with van der Waals surface area (Å²) in [6.07, 6.45) is 3.09. The van der Waals surface area contributed by atoms with E-state index in [4.69, 9.17) is 4.74 Å². The van der Waals surface area contributed by atoms with E-state index in [0.717, 1.165) is 12.8 Å². The van der Waals surface area contributed by atoms with Crippen LogP contribution in [0.25, 0.3) is 0 Å². The van der Waals surface area contributed by atoms with E-state index in [-0.39, 0.29) is 30.0 Å². The second-order valence-corrected chi connectivity index (χ2v) is 7.36. The molecule has 1 aliphatic heterocycles. The number of rotatable bonds is 5. The van der Waals surface area contributed by atoms with Gasteiger partial charge >= 0.3 is 5.97 Å². The molecule has 1 unspecified atom stereocenters. The highest BCUT2D eigenvalue weighted by atomic mass is 32.1. The van der Waals surface area contributed by atoms with Gasteiger partial charge in [0, 0.05) is 24.7 Å². The highest BCUT2D eigenvalue weighted by Crippen LogP contribution is 2.21. The number of thiazole rings is 1. The molecule has 3 rings (SSSR count). The molecule has 3 heterocycles. The molecule has 0 aliphatic carbocycles. The number of piperidine rings is 1. The summed E-state index contributed by atoms with van der Waals surface area (Å²) < 4.78 is 4.99. The van der Waals surface area contributed by atoms with Crippen molar-refractivity contribution >= 4 is 34.3 Å². The zero-order valence-corrected chi connectivity index (χ0v) is 16.6. The van der Waals surface area contributed by atoms with Crippen molar-refractivity contribution < 1.29 is 19.1 Å². The zero-order chi connectivity index (χ0) is 20.1. The summed E-state index contributed by atoms with van der Waals surface area (Å²) in [5.74, 6) is -1.12. The van der Waals surface area contributed by atoms with Crippen molar-refractivity contribution in [3.05, 3.63) is 40.7 Å². The number of carbonyl (C=O) groups excluding carboxylic acids is 3. The summed E-state index contributed by atoms with van der Waals surface area (Å²) in [7, 11) is 0. The number of hydrogen-bond acceptors (Lipinski definition) is 7. The van der Waals surface area contributed by atoms with Gasteiger partial charge in [0.25, 0.3) is 5.91 Å². The zero-order valence-electron chi connectivity index (χ0n) is 15.8. The molecule has 2 amide bonds. The second kappa shape index (κ2) is 8.92. The number of pyridine rings is 1. The highest BCUT2D eigenvalue weighted by molar-refractivity contribution is 7.13. The lowest BCUT2D eigenvalue weighted by molar-refractivity contribution is -0.121. The monoisotopic (exact) mass is 402 g/mol. The third-order valence-electron chi connectivity index (χ3n) is 4.54. The van der Waals surface area contributed by atoms with E-state index in [1.807, 2.05) is 0 Å². The van der Waals surface area contributed by atoms with Gasteiger partial charge in [-0.2, -0.15) is 0 Å². The van der Waals surface area contributed by atoms with Crippen LogP contribution in [0.5, 0.6) is 0 Å². The molecule has 8 nitrogen and oxygen atoms in total. The fourth-order valence-electron chi connectivity index (χ4n) is 3.13. The predicted octanol–water partition coefficient (Wildman–Crippen LogP) is 2.51. The van der Waals surface area contributed by atoms with E-state index in [1.54, 1.807) is 36.4 Å². The predicted molar refractivity (Wildman–Crippen MR) is 104 cm³/mol. The maximum Gasteiger partial charge on any atom is 0.339 e. The minimum Gasteiger partial charge on any atom is -0.462 e. The van der Waals surface area contributed by atoms with Gasteiger partial charge in [-0.05, 0) is 38.8 Å². The first kappa shape index (κ1) is 19.9. The Bertz CT molecular complexity index is 869. The van der Waals surface area contributed by atoms with Gasteiger partial charge in [0.1, 0.15) is 5.69 Å². The molecule has 28 heavy (non-hydrogen) atoms. The molecule has 1 saturated heterocycles. The van der Waals surface area contributed by atoms with Crippen molar-refractivity contribution in [2.75, 3.05) is 25.0 Å². The van der Waals surface area contributed by atoms with Crippen LogP contribution in [0.1, 0.15) is 46.3 Å².